The van der Waals surface area contributed by atoms with Gasteiger partial charge in [0.05, 0.1) is 33.0 Å². The van der Waals surface area contributed by atoms with Crippen LogP contribution >= 0.6 is 0 Å². The molecule has 0 radical (unpaired) electrons. The predicted octanol–water partition coefficient (Wildman–Crippen LogP) is 3.94. The van der Waals surface area contributed by atoms with E-state index in [1.54, 1.807) is 0 Å². The second-order valence-electron chi connectivity index (χ2n) is 7.00. The van der Waals surface area contributed by atoms with Gasteiger partial charge in [-0.15, -0.1) is 0 Å². The molecule has 3 rings (SSSR count). The minimum absolute atomic E-state index is 0.0684. The van der Waals surface area contributed by atoms with Gasteiger partial charge in [-0.1, -0.05) is 36.4 Å². The molecule has 29 heavy (non-hydrogen) atoms. The third kappa shape index (κ3) is 6.74. The first-order valence-corrected chi connectivity index (χ1v) is 10.5. The Morgan fingerprint density at radius 2 is 1.79 bits per heavy atom. The molecule has 1 unspecified atom stereocenters. The van der Waals surface area contributed by atoms with Crippen LogP contribution in [0.25, 0.3) is 10.8 Å². The molecule has 2 aromatic rings. The molecule has 6 heteroatoms. The van der Waals surface area contributed by atoms with Gasteiger partial charge in [-0.05, 0) is 42.5 Å². The fraction of sp³-hybridized carbons (Fsp3) is 0.565. The summed E-state index contributed by atoms with van der Waals surface area (Å²) in [7, 11) is 0. The monoisotopic (exact) mass is 404 g/mol. The minimum atomic E-state index is -0.922. The number of aliphatic hydroxyl groups is 1. The first kappa shape index (κ1) is 22.2. The largest absolute Gasteiger partial charge is 0.377 e. The van der Waals surface area contributed by atoms with Crippen LogP contribution in [0, 0.1) is 0 Å². The molecule has 1 N–H and O–H groups in total. The van der Waals surface area contributed by atoms with Crippen molar-refractivity contribution in [2.75, 3.05) is 39.6 Å². The van der Waals surface area contributed by atoms with Crippen LogP contribution in [0.4, 0.5) is 0 Å². The zero-order valence-electron chi connectivity index (χ0n) is 17.2. The van der Waals surface area contributed by atoms with E-state index < -0.39 is 6.29 Å². The summed E-state index contributed by atoms with van der Waals surface area (Å²) in [5.74, 6) is 0. The summed E-state index contributed by atoms with van der Waals surface area (Å²) < 4.78 is 27.9. The van der Waals surface area contributed by atoms with Crippen molar-refractivity contribution in [3.05, 3.63) is 47.5 Å². The highest BCUT2D eigenvalue weighted by molar-refractivity contribution is 5.88. The molecule has 160 valence electrons. The number of aliphatic hydroxyl groups excluding tert-OH is 1. The van der Waals surface area contributed by atoms with E-state index in [2.05, 4.69) is 0 Å². The molecule has 0 amide bonds. The molecule has 0 aromatic heterocycles. The number of hydrogen-bond donors (Lipinski definition) is 1. The Morgan fingerprint density at radius 3 is 2.59 bits per heavy atom. The Balaban J connectivity index is 1.40. The number of benzene rings is 2. The zero-order chi connectivity index (χ0) is 20.3. The van der Waals surface area contributed by atoms with Crippen molar-refractivity contribution in [3.8, 4) is 0 Å². The average Bonchev–Trinajstić information content (AvgIpc) is 2.76. The fourth-order valence-corrected chi connectivity index (χ4v) is 3.46. The van der Waals surface area contributed by atoms with E-state index in [1.165, 1.54) is 6.42 Å². The molecular weight excluding hydrogens is 372 g/mol. The van der Waals surface area contributed by atoms with Crippen molar-refractivity contribution in [2.45, 2.75) is 45.4 Å². The van der Waals surface area contributed by atoms with Gasteiger partial charge >= 0.3 is 0 Å². The summed E-state index contributed by atoms with van der Waals surface area (Å²) in [5.41, 5.74) is 1.85. The predicted molar refractivity (Wildman–Crippen MR) is 111 cm³/mol. The van der Waals surface area contributed by atoms with Gasteiger partial charge in [-0.3, -0.25) is 0 Å². The Hall–Kier alpha value is -1.54. The van der Waals surface area contributed by atoms with Crippen molar-refractivity contribution in [1.82, 2.24) is 0 Å². The van der Waals surface area contributed by atoms with Gasteiger partial charge in [0, 0.05) is 18.8 Å². The van der Waals surface area contributed by atoms with E-state index in [1.807, 2.05) is 43.3 Å². The molecule has 1 fully saturated rings. The Morgan fingerprint density at radius 1 is 1.00 bits per heavy atom. The van der Waals surface area contributed by atoms with E-state index in [-0.39, 0.29) is 6.29 Å². The lowest BCUT2D eigenvalue weighted by Gasteiger charge is -2.22. The molecular formula is C23H32O6. The number of rotatable bonds is 12. The average molecular weight is 405 g/mol. The van der Waals surface area contributed by atoms with Gasteiger partial charge in [-0.2, -0.15) is 0 Å². The van der Waals surface area contributed by atoms with Gasteiger partial charge in [0.15, 0.2) is 12.6 Å². The molecule has 6 nitrogen and oxygen atoms in total. The quantitative estimate of drug-likeness (QED) is 0.427. The van der Waals surface area contributed by atoms with Gasteiger partial charge in [-0.25, -0.2) is 0 Å². The van der Waals surface area contributed by atoms with Crippen LogP contribution in [-0.4, -0.2) is 51.0 Å². The smallest absolute Gasteiger partial charge is 0.181 e. The van der Waals surface area contributed by atoms with Crippen LogP contribution in [0.15, 0.2) is 36.4 Å². The second kappa shape index (κ2) is 12.2. The third-order valence-corrected chi connectivity index (χ3v) is 4.94. The van der Waals surface area contributed by atoms with Gasteiger partial charge in [0.25, 0.3) is 0 Å². The second-order valence-corrected chi connectivity index (χ2v) is 7.00. The fourth-order valence-electron chi connectivity index (χ4n) is 3.46. The summed E-state index contributed by atoms with van der Waals surface area (Å²) >= 11 is 0. The van der Waals surface area contributed by atoms with Crippen molar-refractivity contribution in [1.29, 1.82) is 0 Å². The topological polar surface area (TPSA) is 66.4 Å². The molecule has 1 aliphatic rings. The first-order valence-electron chi connectivity index (χ1n) is 10.5. The summed E-state index contributed by atoms with van der Waals surface area (Å²) in [6.07, 6.45) is 2.27. The summed E-state index contributed by atoms with van der Waals surface area (Å²) in [6, 6.07) is 11.9. The minimum Gasteiger partial charge on any atom is -0.377 e. The van der Waals surface area contributed by atoms with Crippen molar-refractivity contribution >= 4 is 10.8 Å². The molecule has 0 spiro atoms. The van der Waals surface area contributed by atoms with E-state index in [0.29, 0.717) is 39.6 Å². The Kier molecular flexibility index (Phi) is 9.34. The van der Waals surface area contributed by atoms with Gasteiger partial charge < -0.3 is 28.8 Å². The Labute approximate surface area is 172 Å². The van der Waals surface area contributed by atoms with Gasteiger partial charge in [0.1, 0.15) is 0 Å². The maximum Gasteiger partial charge on any atom is 0.181 e. The van der Waals surface area contributed by atoms with Gasteiger partial charge in [0.2, 0.25) is 0 Å². The number of fused-ring (bicyclic) bond motifs is 1. The number of ether oxygens (including phenoxy) is 5. The normalized spacial score (nSPS) is 18.2. The van der Waals surface area contributed by atoms with Crippen molar-refractivity contribution in [2.24, 2.45) is 0 Å². The standard InChI is InChI=1S/C23H32O6/c1-2-27-23(24)21-11-10-18(19-7-3-4-8-20(19)21)17-26-14-13-25-15-16-29-22-9-5-6-12-28-22/h3-4,7-8,10-11,22-24H,2,5-6,9,12-17H2,1H3/t22?,23-/m0/s1. The van der Waals surface area contributed by atoms with E-state index >= 15 is 0 Å². The SMILES string of the molecule is CCO[C@H](O)c1ccc(COCCOCCOC2CCCCO2)c2ccccc12. The van der Waals surface area contributed by atoms with Crippen LogP contribution in [0.5, 0.6) is 0 Å². The van der Waals surface area contributed by atoms with Crippen molar-refractivity contribution < 1.29 is 28.8 Å². The lowest BCUT2D eigenvalue weighted by molar-refractivity contribution is -0.169. The van der Waals surface area contributed by atoms with Crippen LogP contribution in [-0.2, 0) is 30.3 Å². The summed E-state index contributed by atoms with van der Waals surface area (Å²) in [4.78, 5) is 0. The van der Waals surface area contributed by atoms with Crippen LogP contribution in [0.2, 0.25) is 0 Å². The molecule has 1 heterocycles. The third-order valence-electron chi connectivity index (χ3n) is 4.94. The summed E-state index contributed by atoms with van der Waals surface area (Å²) in [5, 5.41) is 12.3. The Bertz CT molecular complexity index is 728. The van der Waals surface area contributed by atoms with E-state index in [4.69, 9.17) is 23.7 Å². The van der Waals surface area contributed by atoms with E-state index in [0.717, 1.165) is 41.3 Å². The zero-order valence-corrected chi connectivity index (χ0v) is 17.2. The van der Waals surface area contributed by atoms with E-state index in [9.17, 15) is 5.11 Å². The van der Waals surface area contributed by atoms with Crippen LogP contribution in [0.3, 0.4) is 0 Å². The molecule has 0 bridgehead atoms. The first-order chi connectivity index (χ1) is 14.3. The maximum absolute atomic E-state index is 10.2. The van der Waals surface area contributed by atoms with Crippen LogP contribution in [0.1, 0.15) is 43.6 Å². The molecule has 1 aliphatic heterocycles. The molecule has 2 aromatic carbocycles. The number of hydrogen-bond acceptors (Lipinski definition) is 6. The molecule has 0 aliphatic carbocycles. The highest BCUT2D eigenvalue weighted by atomic mass is 16.7. The van der Waals surface area contributed by atoms with Crippen LogP contribution < -0.4 is 0 Å². The van der Waals surface area contributed by atoms with Crippen molar-refractivity contribution in [3.63, 3.8) is 0 Å². The maximum atomic E-state index is 10.2. The highest BCUT2D eigenvalue weighted by Gasteiger charge is 2.14. The lowest BCUT2D eigenvalue weighted by Crippen LogP contribution is -2.24. The summed E-state index contributed by atoms with van der Waals surface area (Å²) in [6.45, 7) is 5.71. The molecule has 2 atom stereocenters. The molecule has 1 saturated heterocycles. The highest BCUT2D eigenvalue weighted by Crippen LogP contribution is 2.28. The molecule has 0 saturated carbocycles. The lowest BCUT2D eigenvalue weighted by atomic mass is 9.99.